The van der Waals surface area contributed by atoms with Gasteiger partial charge in [0.25, 0.3) is 0 Å². The van der Waals surface area contributed by atoms with Crippen molar-refractivity contribution in [3.63, 3.8) is 0 Å². The van der Waals surface area contributed by atoms with E-state index in [0.29, 0.717) is 88.3 Å². The van der Waals surface area contributed by atoms with Crippen molar-refractivity contribution in [3.05, 3.63) is 0 Å². The molecule has 0 N–H and O–H groups in total. The van der Waals surface area contributed by atoms with Gasteiger partial charge in [0, 0.05) is 90.6 Å². The van der Waals surface area contributed by atoms with Crippen LogP contribution in [0, 0.1) is 29.6 Å². The van der Waals surface area contributed by atoms with Crippen LogP contribution in [0.15, 0.2) is 0 Å². The van der Waals surface area contributed by atoms with Crippen molar-refractivity contribution in [2.75, 3.05) is 99.0 Å². The molecule has 702 valence electrons. The Morgan fingerprint density at radius 3 is 0.924 bits per heavy atom. The molecule has 0 amide bonds. The van der Waals surface area contributed by atoms with Crippen LogP contribution in [0.3, 0.4) is 0 Å². The van der Waals surface area contributed by atoms with Gasteiger partial charge in [-0.05, 0) is 159 Å². The molecule has 0 aromatic heterocycles. The Labute approximate surface area is 736 Å². The second kappa shape index (κ2) is 76.8. The first-order valence-electron chi connectivity index (χ1n) is 52.5. The van der Waals surface area contributed by atoms with Gasteiger partial charge in [0.1, 0.15) is 0 Å². The van der Waals surface area contributed by atoms with E-state index in [1.54, 1.807) is 0 Å². The fourth-order valence-corrected chi connectivity index (χ4v) is 19.0. The third-order valence-electron chi connectivity index (χ3n) is 27.1. The fraction of sp³-hybridized carbons (Fsp3) is 0.962. The lowest BCUT2D eigenvalue weighted by molar-refractivity contribution is -0.181. The van der Waals surface area contributed by atoms with E-state index in [1.165, 1.54) is 238 Å². The van der Waals surface area contributed by atoms with Crippen LogP contribution in [0.4, 0.5) is 0 Å². The van der Waals surface area contributed by atoms with Crippen molar-refractivity contribution in [3.8, 4) is 0 Å². The average molecular weight is 1680 g/mol. The molecule has 7 atom stereocenters. The first kappa shape index (κ1) is 111. The highest BCUT2D eigenvalue weighted by atomic mass is 16.8. The Balaban J connectivity index is 1.24. The van der Waals surface area contributed by atoms with Crippen molar-refractivity contribution < 1.29 is 57.1 Å². The number of likely N-dealkylation sites (N-methyl/N-ethyl adjacent to an activating group) is 1. The monoisotopic (exact) mass is 1680 g/mol. The largest absolute Gasteiger partial charge is 0.466 e. The number of nitrogens with zero attached hydrogens (tertiary/aromatic N) is 3. The lowest BCUT2D eigenvalue weighted by atomic mass is 9.88. The van der Waals surface area contributed by atoms with Crippen LogP contribution in [-0.2, 0) is 57.1 Å². The summed E-state index contributed by atoms with van der Waals surface area (Å²) in [4.78, 5) is 59.2. The van der Waals surface area contributed by atoms with E-state index in [2.05, 4.69) is 84.1 Å². The predicted octanol–water partition coefficient (Wildman–Crippen LogP) is 28.3. The molecule has 0 spiro atoms. The van der Waals surface area contributed by atoms with Crippen LogP contribution in [0.2, 0.25) is 0 Å². The Kier molecular flexibility index (Phi) is 71.5. The molecule has 0 aromatic rings. The maximum absolute atomic E-state index is 13.3. The molecule has 0 saturated carbocycles. The van der Waals surface area contributed by atoms with Gasteiger partial charge in [-0.2, -0.15) is 0 Å². The third-order valence-corrected chi connectivity index (χ3v) is 27.1. The first-order chi connectivity index (χ1) is 58.1. The zero-order valence-corrected chi connectivity index (χ0v) is 80.6. The molecular formula is C104H199N3O12. The topological polar surface area (TPSA) is 152 Å². The van der Waals surface area contributed by atoms with E-state index in [-0.39, 0.29) is 36.1 Å². The summed E-state index contributed by atoms with van der Waals surface area (Å²) in [5.74, 6) is 1.65. The molecule has 3 heterocycles. The number of carbonyl (C=O) groups excluding carboxylic acids is 4. The Morgan fingerprint density at radius 2 is 0.597 bits per heavy atom. The summed E-state index contributed by atoms with van der Waals surface area (Å²) in [6.07, 6.45) is 76.0. The van der Waals surface area contributed by atoms with E-state index in [0.717, 1.165) is 226 Å². The first-order valence-corrected chi connectivity index (χ1v) is 52.5. The summed E-state index contributed by atoms with van der Waals surface area (Å²) >= 11 is 0. The number of unbranched alkanes of at least 4 members (excludes halogenated alkanes) is 36. The highest BCUT2D eigenvalue weighted by molar-refractivity contribution is 5.70. The van der Waals surface area contributed by atoms with Gasteiger partial charge in [0.05, 0.1) is 51.8 Å². The number of hydrogen-bond acceptors (Lipinski definition) is 15. The summed E-state index contributed by atoms with van der Waals surface area (Å²) in [5.41, 5.74) is 0. The summed E-state index contributed by atoms with van der Waals surface area (Å²) < 4.78 is 50.3. The normalized spacial score (nSPS) is 18.8. The maximum Gasteiger partial charge on any atom is 0.306 e. The molecule has 3 saturated heterocycles. The Bertz CT molecular complexity index is 2290. The minimum Gasteiger partial charge on any atom is -0.466 e. The van der Waals surface area contributed by atoms with E-state index >= 15 is 0 Å². The molecule has 3 rings (SSSR count). The second-order valence-corrected chi connectivity index (χ2v) is 38.3. The summed E-state index contributed by atoms with van der Waals surface area (Å²) in [7, 11) is 2.22. The molecule has 0 aromatic carbocycles. The zero-order valence-electron chi connectivity index (χ0n) is 80.6. The minimum atomic E-state index is -0.447. The number of ether oxygens (including phenoxy) is 8. The molecule has 15 nitrogen and oxygen atoms in total. The van der Waals surface area contributed by atoms with E-state index in [9.17, 15) is 19.2 Å². The Morgan fingerprint density at radius 1 is 0.328 bits per heavy atom. The zero-order chi connectivity index (χ0) is 86.0. The Hall–Kier alpha value is -2.40. The smallest absolute Gasteiger partial charge is 0.306 e. The van der Waals surface area contributed by atoms with Crippen molar-refractivity contribution >= 4 is 23.9 Å². The van der Waals surface area contributed by atoms with Gasteiger partial charge >= 0.3 is 23.9 Å². The number of rotatable bonds is 87. The second-order valence-electron chi connectivity index (χ2n) is 38.3. The number of piperazine rings is 1. The van der Waals surface area contributed by atoms with Gasteiger partial charge in [-0.25, -0.2) is 0 Å². The van der Waals surface area contributed by atoms with Crippen molar-refractivity contribution in [1.29, 1.82) is 0 Å². The van der Waals surface area contributed by atoms with E-state index < -0.39 is 11.6 Å². The van der Waals surface area contributed by atoms with Crippen LogP contribution >= 0.6 is 0 Å². The molecule has 0 bridgehead atoms. The third kappa shape index (κ3) is 60.8. The van der Waals surface area contributed by atoms with Crippen LogP contribution < -0.4 is 0 Å². The van der Waals surface area contributed by atoms with Crippen LogP contribution in [0.5, 0.6) is 0 Å². The molecule has 0 aliphatic carbocycles. The fourth-order valence-electron chi connectivity index (χ4n) is 19.0. The van der Waals surface area contributed by atoms with Crippen molar-refractivity contribution in [1.82, 2.24) is 14.7 Å². The van der Waals surface area contributed by atoms with Gasteiger partial charge in [-0.15, -0.1) is 0 Å². The molecule has 0 radical (unpaired) electrons. The minimum absolute atomic E-state index is 0.00365. The van der Waals surface area contributed by atoms with Gasteiger partial charge in [-0.1, -0.05) is 332 Å². The standard InChI is InChI=1S/C104H199N3O12/c1-11-19-47-66-95(67-48-20-12-2)87-101(110)114-83-58-45-37-29-33-41-54-74-104(117-91-98(119-104)89-107-79-77-105(10)78-80-107)75-55-42-34-30-38-46-59-84-115-102(111)88-96(68-49-21-13-3)70-60-62-92(9)61-50-51-69-94(65-24-16-6)86-100(109)113-82-57-44-36-28-26-32-40-53-73-103(116-90-97(118-103)71-76-106(17-7)18-8)72-52-39-31-25-27-35-43-56-81-112-99(108)85-93(63-22-14-4)64-23-15-5/h92-98H,11-91H2,1-10H3. The molecule has 3 aliphatic heterocycles. The van der Waals surface area contributed by atoms with Gasteiger partial charge in [-0.3, -0.25) is 24.1 Å². The van der Waals surface area contributed by atoms with Crippen LogP contribution in [0.1, 0.15) is 493 Å². The van der Waals surface area contributed by atoms with Gasteiger partial charge in [0.2, 0.25) is 0 Å². The highest BCUT2D eigenvalue weighted by Gasteiger charge is 2.42. The van der Waals surface area contributed by atoms with Crippen molar-refractivity contribution in [2.24, 2.45) is 29.6 Å². The molecule has 3 aliphatic rings. The molecule has 119 heavy (non-hydrogen) atoms. The number of hydrogen-bond donors (Lipinski definition) is 0. The van der Waals surface area contributed by atoms with E-state index in [4.69, 9.17) is 37.9 Å². The number of esters is 4. The summed E-state index contributed by atoms with van der Waals surface area (Å²) in [5, 5.41) is 0. The van der Waals surface area contributed by atoms with Crippen molar-refractivity contribution in [2.45, 2.75) is 516 Å². The van der Waals surface area contributed by atoms with Gasteiger partial charge in [0.15, 0.2) is 11.6 Å². The maximum atomic E-state index is 13.3. The summed E-state index contributed by atoms with van der Waals surface area (Å²) in [6, 6.07) is 0. The van der Waals surface area contributed by atoms with Crippen LogP contribution in [0.25, 0.3) is 0 Å². The lowest BCUT2D eigenvalue weighted by Crippen LogP contribution is -2.47. The molecule has 3 fully saturated rings. The SMILES string of the molecule is CCCCCC(CCCCC)CC(=O)OCCCCCCCCCC1(CCCCCCCCCOC(=O)CC(CCCCC)CCCC(C)CCCCC(CCCC)CC(=O)OCCCCCCCCCCC2(CCCCCCCCCCOC(=O)CC(CCCC)CCCC)OCC(CCN(CC)CC)O2)OCC(CN2CCN(C)CC2)O1. The number of carbonyl (C=O) groups is 4. The van der Waals surface area contributed by atoms with Crippen LogP contribution in [-0.4, -0.2) is 161 Å². The summed E-state index contributed by atoms with van der Waals surface area (Å²) in [6.45, 7) is 32.7. The quantitative estimate of drug-likeness (QED) is 0.0322. The average Bonchev–Trinajstić information content (AvgIpc) is 1.69. The van der Waals surface area contributed by atoms with E-state index in [1.807, 2.05) is 0 Å². The highest BCUT2D eigenvalue weighted by Crippen LogP contribution is 2.38. The molecule has 7 unspecified atom stereocenters. The lowest BCUT2D eigenvalue weighted by Gasteiger charge is -2.34. The molecule has 15 heteroatoms. The van der Waals surface area contributed by atoms with Gasteiger partial charge < -0.3 is 47.7 Å². The molecular weight excluding hydrogens is 1480 g/mol. The predicted molar refractivity (Wildman–Crippen MR) is 499 cm³/mol.